The fourth-order valence-electron chi connectivity index (χ4n) is 4.01. The monoisotopic (exact) mass is 523 g/mol. The second kappa shape index (κ2) is 15.2. The Morgan fingerprint density at radius 2 is 1.41 bits per heavy atom. The van der Waals surface area contributed by atoms with Gasteiger partial charge >= 0.3 is 24.1 Å². The lowest BCUT2D eigenvalue weighted by Gasteiger charge is -2.31. The van der Waals surface area contributed by atoms with Gasteiger partial charge in [-0.1, -0.05) is 53.5 Å². The largest absolute Gasteiger partial charge is 0.508 e. The molecule has 10 nitrogen and oxygen atoms in total. The Balaban J connectivity index is 3.51. The minimum Gasteiger partial charge on any atom is -0.480 e. The molecule has 0 amide bonds. The van der Waals surface area contributed by atoms with E-state index in [1.54, 1.807) is 33.8 Å². The summed E-state index contributed by atoms with van der Waals surface area (Å²) in [5.74, 6) is -4.41. The maximum absolute atomic E-state index is 12.7. The van der Waals surface area contributed by atoms with E-state index >= 15 is 0 Å². The van der Waals surface area contributed by atoms with Gasteiger partial charge in [-0.25, -0.2) is 4.79 Å². The van der Waals surface area contributed by atoms with Crippen molar-refractivity contribution in [2.24, 2.45) is 23.5 Å². The molecule has 10 heteroatoms. The molecule has 0 fully saturated rings. The summed E-state index contributed by atoms with van der Waals surface area (Å²) in [5, 5.41) is 9.69. The lowest BCUT2D eigenvalue weighted by atomic mass is 9.79. The number of carbonyl (C=O) groups is 4. The van der Waals surface area contributed by atoms with Crippen LogP contribution in [0.2, 0.25) is 0 Å². The predicted octanol–water partition coefficient (Wildman–Crippen LogP) is 4.67. The molecule has 1 aromatic carbocycles. The fraction of sp³-hybridized carbons (Fsp3) is 0.630. The highest BCUT2D eigenvalue weighted by molar-refractivity contribution is 5.79. The highest BCUT2D eigenvalue weighted by Gasteiger charge is 2.36. The summed E-state index contributed by atoms with van der Waals surface area (Å²) in [7, 11) is 1.17. The number of carboxylic acid groups (broad SMARTS) is 1. The third kappa shape index (κ3) is 9.35. The van der Waals surface area contributed by atoms with E-state index in [9.17, 15) is 24.3 Å². The van der Waals surface area contributed by atoms with Crippen LogP contribution in [-0.4, -0.2) is 48.4 Å². The number of carbonyl (C=O) groups excluding carboxylic acids is 3. The van der Waals surface area contributed by atoms with E-state index in [-0.39, 0.29) is 17.4 Å². The zero-order chi connectivity index (χ0) is 28.3. The van der Waals surface area contributed by atoms with Gasteiger partial charge in [-0.2, -0.15) is 0 Å². The zero-order valence-electron chi connectivity index (χ0n) is 22.8. The van der Waals surface area contributed by atoms with Crippen LogP contribution in [-0.2, 0) is 23.9 Å². The molecule has 0 aromatic heterocycles. The van der Waals surface area contributed by atoms with Gasteiger partial charge in [0.05, 0.1) is 18.9 Å². The van der Waals surface area contributed by atoms with Gasteiger partial charge in [0.2, 0.25) is 0 Å². The number of nitrogens with two attached hydrogens (primary N) is 1. The number of hydrogen-bond donors (Lipinski definition) is 2. The minimum absolute atomic E-state index is 0.0150. The first-order valence-electron chi connectivity index (χ1n) is 12.7. The summed E-state index contributed by atoms with van der Waals surface area (Å²) in [5.41, 5.74) is 6.47. The molecule has 208 valence electrons. The van der Waals surface area contributed by atoms with Crippen molar-refractivity contribution in [1.29, 1.82) is 0 Å². The smallest absolute Gasteiger partial charge is 0.480 e. The number of rotatable bonds is 14. The molecule has 0 spiro atoms. The number of aliphatic carboxylic acids is 1. The quantitative estimate of drug-likeness (QED) is 0.260. The van der Waals surface area contributed by atoms with Crippen molar-refractivity contribution in [3.05, 3.63) is 23.8 Å². The molecule has 0 bridgehead atoms. The first-order valence-corrected chi connectivity index (χ1v) is 12.7. The SMILES string of the molecule is CCCC(C)C(=O)Oc1ccc(C(C(C)C(C)OC(=O)OC)[C@H](N)C(=O)O)cc1OC(=O)C(C)CCC. The number of esters is 2. The maximum atomic E-state index is 12.7. The van der Waals surface area contributed by atoms with Gasteiger partial charge in [0.25, 0.3) is 0 Å². The standard InChI is InChI=1S/C27H41NO9/c1-8-10-15(3)25(31)36-20-13-12-19(14-21(20)37-26(32)16(4)11-9-2)22(23(28)24(29)30)17(5)18(6)35-27(33)34-7/h12-18,22-23H,8-11,28H2,1-7H3,(H,29,30)/t15?,16?,17?,18?,22?,23-/m0/s1. The molecule has 37 heavy (non-hydrogen) atoms. The highest BCUT2D eigenvalue weighted by Crippen LogP contribution is 2.38. The Morgan fingerprint density at radius 3 is 1.86 bits per heavy atom. The van der Waals surface area contributed by atoms with Gasteiger partial charge in [-0.3, -0.25) is 14.4 Å². The topological polar surface area (TPSA) is 151 Å². The number of methoxy groups -OCH3 is 1. The molecular formula is C27H41NO9. The van der Waals surface area contributed by atoms with Gasteiger partial charge < -0.3 is 29.8 Å². The summed E-state index contributed by atoms with van der Waals surface area (Å²) in [4.78, 5) is 48.9. The third-order valence-electron chi connectivity index (χ3n) is 6.45. The van der Waals surface area contributed by atoms with E-state index in [4.69, 9.17) is 19.9 Å². The summed E-state index contributed by atoms with van der Waals surface area (Å²) >= 11 is 0. The van der Waals surface area contributed by atoms with E-state index < -0.39 is 54.0 Å². The zero-order valence-corrected chi connectivity index (χ0v) is 22.8. The van der Waals surface area contributed by atoms with Crippen molar-refractivity contribution < 1.29 is 43.2 Å². The van der Waals surface area contributed by atoms with E-state index in [2.05, 4.69) is 4.74 Å². The molecule has 1 rings (SSSR count). The summed E-state index contributed by atoms with van der Waals surface area (Å²) in [6, 6.07) is 3.10. The molecule has 5 unspecified atom stereocenters. The Bertz CT molecular complexity index is 932. The predicted molar refractivity (Wildman–Crippen MR) is 136 cm³/mol. The first-order chi connectivity index (χ1) is 17.4. The molecule has 0 radical (unpaired) electrons. The van der Waals surface area contributed by atoms with E-state index in [0.717, 1.165) is 12.8 Å². The van der Waals surface area contributed by atoms with Crippen LogP contribution in [0.15, 0.2) is 18.2 Å². The van der Waals surface area contributed by atoms with E-state index in [1.807, 2.05) is 13.8 Å². The van der Waals surface area contributed by atoms with Gasteiger partial charge in [-0.05, 0) is 37.5 Å². The molecule has 1 aromatic rings. The first kappa shape index (κ1) is 31.9. The normalized spacial score (nSPS) is 15.9. The summed E-state index contributed by atoms with van der Waals surface area (Å²) in [6.07, 6.45) is 1.13. The lowest BCUT2D eigenvalue weighted by molar-refractivity contribution is -0.141. The number of benzene rings is 1. The van der Waals surface area contributed by atoms with Gasteiger partial charge in [-0.15, -0.1) is 0 Å². The molecule has 0 aliphatic heterocycles. The highest BCUT2D eigenvalue weighted by atomic mass is 16.7. The second-order valence-corrected chi connectivity index (χ2v) is 9.45. The third-order valence-corrected chi connectivity index (χ3v) is 6.45. The molecule has 0 heterocycles. The van der Waals surface area contributed by atoms with Crippen LogP contribution < -0.4 is 15.2 Å². The number of hydrogen-bond acceptors (Lipinski definition) is 9. The molecule has 3 N–H and O–H groups in total. The van der Waals surface area contributed by atoms with Gasteiger partial charge in [0, 0.05) is 11.8 Å². The van der Waals surface area contributed by atoms with Crippen molar-refractivity contribution in [3.63, 3.8) is 0 Å². The van der Waals surface area contributed by atoms with Crippen LogP contribution >= 0.6 is 0 Å². The lowest BCUT2D eigenvalue weighted by Crippen LogP contribution is -2.42. The van der Waals surface area contributed by atoms with Crippen molar-refractivity contribution >= 4 is 24.1 Å². The fourth-order valence-corrected chi connectivity index (χ4v) is 4.01. The number of carboxylic acids is 1. The second-order valence-electron chi connectivity index (χ2n) is 9.45. The molecule has 0 aliphatic rings. The average molecular weight is 524 g/mol. The Labute approximate surface area is 218 Å². The van der Waals surface area contributed by atoms with Crippen LogP contribution in [0.3, 0.4) is 0 Å². The molecule has 0 saturated carbocycles. The average Bonchev–Trinajstić information content (AvgIpc) is 2.85. The Morgan fingerprint density at radius 1 is 0.892 bits per heavy atom. The van der Waals surface area contributed by atoms with Crippen LogP contribution in [0.1, 0.15) is 78.7 Å². The Hall–Kier alpha value is -3.14. The van der Waals surface area contributed by atoms with E-state index in [1.165, 1.54) is 19.2 Å². The van der Waals surface area contributed by atoms with Crippen LogP contribution in [0.25, 0.3) is 0 Å². The van der Waals surface area contributed by atoms with Gasteiger partial charge in [0.1, 0.15) is 12.1 Å². The van der Waals surface area contributed by atoms with Crippen LogP contribution in [0.5, 0.6) is 11.5 Å². The van der Waals surface area contributed by atoms with E-state index in [0.29, 0.717) is 18.4 Å². The molecular weight excluding hydrogens is 482 g/mol. The summed E-state index contributed by atoms with van der Waals surface area (Å²) < 4.78 is 21.0. The van der Waals surface area contributed by atoms with Crippen molar-refractivity contribution in [2.75, 3.05) is 7.11 Å². The maximum Gasteiger partial charge on any atom is 0.508 e. The Kier molecular flexibility index (Phi) is 13.1. The van der Waals surface area contributed by atoms with Gasteiger partial charge in [0.15, 0.2) is 11.5 Å². The number of ether oxygens (including phenoxy) is 4. The summed E-state index contributed by atoms with van der Waals surface area (Å²) in [6.45, 7) is 10.7. The van der Waals surface area contributed by atoms with Crippen molar-refractivity contribution in [1.82, 2.24) is 0 Å². The van der Waals surface area contributed by atoms with Crippen molar-refractivity contribution in [2.45, 2.75) is 85.3 Å². The molecule has 6 atom stereocenters. The minimum atomic E-state index is -1.38. The molecule has 0 saturated heterocycles. The van der Waals surface area contributed by atoms with Crippen LogP contribution in [0, 0.1) is 17.8 Å². The van der Waals surface area contributed by atoms with Crippen LogP contribution in [0.4, 0.5) is 4.79 Å². The van der Waals surface area contributed by atoms with Crippen molar-refractivity contribution in [3.8, 4) is 11.5 Å². The molecule has 0 aliphatic carbocycles.